The van der Waals surface area contributed by atoms with E-state index in [9.17, 15) is 9.59 Å². The molecule has 6 heteroatoms. The molecule has 0 aromatic heterocycles. The van der Waals surface area contributed by atoms with Gasteiger partial charge in [0, 0.05) is 16.8 Å². The van der Waals surface area contributed by atoms with Crippen LogP contribution in [0.1, 0.15) is 26.3 Å². The molecule has 5 nitrogen and oxygen atoms in total. The van der Waals surface area contributed by atoms with E-state index in [-0.39, 0.29) is 30.8 Å². The quantitative estimate of drug-likeness (QED) is 0.747. The highest BCUT2D eigenvalue weighted by Crippen LogP contribution is 2.18. The Balaban J connectivity index is 0.00000361. The van der Waals surface area contributed by atoms with Gasteiger partial charge < -0.3 is 16.4 Å². The first-order chi connectivity index (χ1) is 8.70. The van der Waals surface area contributed by atoms with E-state index >= 15 is 0 Å². The van der Waals surface area contributed by atoms with Gasteiger partial charge in [-0.1, -0.05) is 26.8 Å². The number of carbonyl (C=O) groups is 2. The van der Waals surface area contributed by atoms with Crippen LogP contribution in [0.5, 0.6) is 0 Å². The molecule has 0 spiro atoms. The van der Waals surface area contributed by atoms with Crippen molar-refractivity contribution in [2.75, 3.05) is 17.6 Å². The summed E-state index contributed by atoms with van der Waals surface area (Å²) in [5, 5.41) is 5.32. The van der Waals surface area contributed by atoms with Crippen LogP contribution in [-0.4, -0.2) is 18.4 Å². The highest BCUT2D eigenvalue weighted by atomic mass is 35.5. The van der Waals surface area contributed by atoms with Crippen LogP contribution in [0.3, 0.4) is 0 Å². The van der Waals surface area contributed by atoms with Gasteiger partial charge in [-0.3, -0.25) is 9.59 Å². The van der Waals surface area contributed by atoms with Crippen molar-refractivity contribution >= 4 is 35.6 Å². The second-order valence-electron chi connectivity index (χ2n) is 5.56. The van der Waals surface area contributed by atoms with Gasteiger partial charge in [0.2, 0.25) is 11.8 Å². The van der Waals surface area contributed by atoms with Crippen LogP contribution in [0, 0.1) is 12.3 Å². The fraction of sp³-hybridized carbons (Fsp3) is 0.429. The maximum absolute atomic E-state index is 11.7. The summed E-state index contributed by atoms with van der Waals surface area (Å²) in [5.41, 5.74) is 7.32. The number of rotatable bonds is 3. The predicted molar refractivity (Wildman–Crippen MR) is 83.9 cm³/mol. The van der Waals surface area contributed by atoms with Gasteiger partial charge in [0.25, 0.3) is 0 Å². The molecule has 0 radical (unpaired) electrons. The molecule has 112 valence electrons. The molecular weight excluding hydrogens is 278 g/mol. The molecule has 1 rings (SSSR count). The third-order valence-electron chi connectivity index (χ3n) is 2.63. The first-order valence-corrected chi connectivity index (χ1v) is 6.14. The molecule has 0 bridgehead atoms. The van der Waals surface area contributed by atoms with E-state index in [0.717, 1.165) is 5.56 Å². The molecule has 0 aliphatic heterocycles. The van der Waals surface area contributed by atoms with Crippen molar-refractivity contribution < 1.29 is 9.59 Å². The van der Waals surface area contributed by atoms with Gasteiger partial charge in [0.15, 0.2) is 0 Å². The van der Waals surface area contributed by atoms with Gasteiger partial charge in [-0.25, -0.2) is 0 Å². The zero-order chi connectivity index (χ0) is 14.6. The lowest BCUT2D eigenvalue weighted by molar-refractivity contribution is -0.130. The van der Waals surface area contributed by atoms with E-state index in [4.69, 9.17) is 5.73 Å². The number of nitrogens with two attached hydrogens (primary N) is 1. The van der Waals surface area contributed by atoms with Crippen LogP contribution >= 0.6 is 12.4 Å². The fourth-order valence-corrected chi connectivity index (χ4v) is 1.39. The summed E-state index contributed by atoms with van der Waals surface area (Å²) in [5.74, 6) is -0.432. The molecule has 0 fully saturated rings. The summed E-state index contributed by atoms with van der Waals surface area (Å²) in [6.45, 7) is 7.21. The summed E-state index contributed by atoms with van der Waals surface area (Å²) in [7, 11) is 0. The number of nitrogens with one attached hydrogen (secondary N) is 2. The third-order valence-corrected chi connectivity index (χ3v) is 2.63. The molecule has 1 aromatic rings. The Kier molecular flexibility index (Phi) is 6.52. The number of hydrogen-bond acceptors (Lipinski definition) is 3. The standard InChI is InChI=1S/C14H21N3O2.ClH/c1-9-5-6-10(15)7-11(9)17-12(18)8-16-13(19)14(2,3)4;/h5-7H,8,15H2,1-4H3,(H,16,19)(H,17,18);1H. The Morgan fingerprint density at radius 2 is 1.85 bits per heavy atom. The van der Waals surface area contributed by atoms with Crippen LogP contribution in [0.4, 0.5) is 11.4 Å². The Labute approximate surface area is 125 Å². The van der Waals surface area contributed by atoms with Crippen molar-refractivity contribution in [2.24, 2.45) is 5.41 Å². The molecule has 0 aliphatic carbocycles. The number of nitrogen functional groups attached to an aromatic ring is 1. The van der Waals surface area contributed by atoms with Crippen LogP contribution in [0.15, 0.2) is 18.2 Å². The first kappa shape index (κ1) is 18.2. The van der Waals surface area contributed by atoms with Gasteiger partial charge in [-0.15, -0.1) is 12.4 Å². The Morgan fingerprint density at radius 1 is 1.25 bits per heavy atom. The van der Waals surface area contributed by atoms with Crippen LogP contribution in [0.25, 0.3) is 0 Å². The van der Waals surface area contributed by atoms with Crippen LogP contribution < -0.4 is 16.4 Å². The first-order valence-electron chi connectivity index (χ1n) is 6.14. The maximum Gasteiger partial charge on any atom is 0.243 e. The van der Waals surface area contributed by atoms with Crippen molar-refractivity contribution in [1.82, 2.24) is 5.32 Å². The van der Waals surface area contributed by atoms with Gasteiger partial charge in [-0.05, 0) is 24.6 Å². The summed E-state index contributed by atoms with van der Waals surface area (Å²) in [6, 6.07) is 5.30. The Morgan fingerprint density at radius 3 is 2.40 bits per heavy atom. The monoisotopic (exact) mass is 299 g/mol. The van der Waals surface area contributed by atoms with Crippen LogP contribution in [0.2, 0.25) is 0 Å². The molecule has 0 unspecified atom stereocenters. The lowest BCUT2D eigenvalue weighted by Crippen LogP contribution is -2.39. The van der Waals surface area contributed by atoms with Crippen molar-refractivity contribution in [1.29, 1.82) is 0 Å². The highest BCUT2D eigenvalue weighted by molar-refractivity contribution is 5.96. The molecule has 0 saturated carbocycles. The van der Waals surface area contributed by atoms with E-state index < -0.39 is 5.41 Å². The average Bonchev–Trinajstić information content (AvgIpc) is 2.29. The topological polar surface area (TPSA) is 84.2 Å². The molecular formula is C14H22ClN3O2. The van der Waals surface area contributed by atoms with Gasteiger partial charge in [0.05, 0.1) is 6.54 Å². The van der Waals surface area contributed by atoms with Gasteiger partial charge in [0.1, 0.15) is 0 Å². The smallest absolute Gasteiger partial charge is 0.243 e. The minimum Gasteiger partial charge on any atom is -0.399 e. The minimum atomic E-state index is -0.507. The molecule has 20 heavy (non-hydrogen) atoms. The van der Waals surface area contributed by atoms with E-state index in [1.807, 2.05) is 13.0 Å². The summed E-state index contributed by atoms with van der Waals surface area (Å²) >= 11 is 0. The lowest BCUT2D eigenvalue weighted by atomic mass is 9.96. The average molecular weight is 300 g/mol. The van der Waals surface area contributed by atoms with Gasteiger partial charge >= 0.3 is 0 Å². The number of hydrogen-bond donors (Lipinski definition) is 3. The molecule has 0 saturated heterocycles. The van der Waals surface area contributed by atoms with Crippen molar-refractivity contribution in [3.63, 3.8) is 0 Å². The van der Waals surface area contributed by atoms with Crippen molar-refractivity contribution in [3.8, 4) is 0 Å². The highest BCUT2D eigenvalue weighted by Gasteiger charge is 2.21. The summed E-state index contributed by atoms with van der Waals surface area (Å²) in [4.78, 5) is 23.4. The zero-order valence-electron chi connectivity index (χ0n) is 12.2. The Hall–Kier alpha value is -1.75. The second-order valence-corrected chi connectivity index (χ2v) is 5.56. The van der Waals surface area contributed by atoms with E-state index in [1.54, 1.807) is 32.9 Å². The van der Waals surface area contributed by atoms with Crippen LogP contribution in [-0.2, 0) is 9.59 Å². The fourth-order valence-electron chi connectivity index (χ4n) is 1.39. The van der Waals surface area contributed by atoms with Crippen molar-refractivity contribution in [3.05, 3.63) is 23.8 Å². The van der Waals surface area contributed by atoms with E-state index in [0.29, 0.717) is 11.4 Å². The second kappa shape index (κ2) is 7.14. The SMILES string of the molecule is Cc1ccc(N)cc1NC(=O)CNC(=O)C(C)(C)C.Cl. The normalized spacial score (nSPS) is 10.4. The number of aryl methyl sites for hydroxylation is 1. The molecule has 0 heterocycles. The number of carbonyl (C=O) groups excluding carboxylic acids is 2. The predicted octanol–water partition coefficient (Wildman–Crippen LogP) is 2.10. The number of anilines is 2. The van der Waals surface area contributed by atoms with E-state index in [1.165, 1.54) is 0 Å². The lowest BCUT2D eigenvalue weighted by Gasteiger charge is -2.17. The molecule has 4 N–H and O–H groups in total. The molecule has 0 atom stereocenters. The van der Waals surface area contributed by atoms with Crippen molar-refractivity contribution in [2.45, 2.75) is 27.7 Å². The minimum absolute atomic E-state index is 0. The third kappa shape index (κ3) is 5.48. The van der Waals surface area contributed by atoms with Gasteiger partial charge in [-0.2, -0.15) is 0 Å². The molecule has 0 aliphatic rings. The van der Waals surface area contributed by atoms with E-state index in [2.05, 4.69) is 10.6 Å². The zero-order valence-corrected chi connectivity index (χ0v) is 13.1. The number of amides is 2. The summed E-state index contributed by atoms with van der Waals surface area (Å²) < 4.78 is 0. The maximum atomic E-state index is 11.7. The number of halogens is 1. The molecule has 1 aromatic carbocycles. The Bertz CT molecular complexity index is 496. The largest absolute Gasteiger partial charge is 0.399 e. The number of benzene rings is 1. The summed E-state index contributed by atoms with van der Waals surface area (Å²) in [6.07, 6.45) is 0. The molecule has 2 amide bonds.